The van der Waals surface area contributed by atoms with Crippen LogP contribution in [0.3, 0.4) is 0 Å². The van der Waals surface area contributed by atoms with Crippen molar-refractivity contribution in [2.75, 3.05) is 13.1 Å². The number of hydrogen-bond donors (Lipinski definition) is 1. The van der Waals surface area contributed by atoms with Crippen molar-refractivity contribution >= 4 is 17.3 Å². The highest BCUT2D eigenvalue weighted by atomic mass is 16.6. The summed E-state index contributed by atoms with van der Waals surface area (Å²) >= 11 is 0. The quantitative estimate of drug-likeness (QED) is 0.660. The standard InChI is InChI=1S/C23H27N5O4/c29-20-19-21-27(11-4-12-28(21)22(30)25-20)18(24-19)8-7-16-9-13-26(14-10-16)23(31)32-15-17-5-2-1-3-6-17/h1-3,5-6,16H,4,7-15H2,(H,25,29,30). The fourth-order valence-electron chi connectivity index (χ4n) is 4.80. The number of aryl methyl sites for hydroxylation is 3. The maximum Gasteiger partial charge on any atom is 0.410 e. The Morgan fingerprint density at radius 3 is 2.59 bits per heavy atom. The van der Waals surface area contributed by atoms with Crippen LogP contribution >= 0.6 is 0 Å². The number of H-pyrrole nitrogens is 1. The van der Waals surface area contributed by atoms with Gasteiger partial charge in [0.1, 0.15) is 18.1 Å². The van der Waals surface area contributed by atoms with E-state index in [4.69, 9.17) is 4.74 Å². The Kier molecular flexibility index (Phi) is 5.55. The molecule has 2 aliphatic heterocycles. The second-order valence-electron chi connectivity index (χ2n) is 8.63. The zero-order valence-corrected chi connectivity index (χ0v) is 18.0. The number of ether oxygens (including phenoxy) is 1. The summed E-state index contributed by atoms with van der Waals surface area (Å²) < 4.78 is 9.10. The van der Waals surface area contributed by atoms with Gasteiger partial charge >= 0.3 is 11.8 Å². The normalized spacial score (nSPS) is 16.4. The van der Waals surface area contributed by atoms with Gasteiger partial charge in [-0.05, 0) is 37.2 Å². The first-order valence-corrected chi connectivity index (χ1v) is 11.3. The van der Waals surface area contributed by atoms with Gasteiger partial charge in [0.2, 0.25) is 0 Å². The fraction of sp³-hybridized carbons (Fsp3) is 0.478. The number of aromatic amines is 1. The second-order valence-corrected chi connectivity index (χ2v) is 8.63. The van der Waals surface area contributed by atoms with E-state index in [0.29, 0.717) is 43.3 Å². The first kappa shape index (κ1) is 20.5. The number of amides is 1. The highest BCUT2D eigenvalue weighted by Crippen LogP contribution is 2.25. The highest BCUT2D eigenvalue weighted by Gasteiger charge is 2.26. The van der Waals surface area contributed by atoms with Crippen LogP contribution in [0.4, 0.5) is 4.79 Å². The molecule has 2 aliphatic rings. The monoisotopic (exact) mass is 437 g/mol. The summed E-state index contributed by atoms with van der Waals surface area (Å²) in [4.78, 5) is 45.4. The van der Waals surface area contributed by atoms with Crippen LogP contribution in [-0.2, 0) is 30.9 Å². The number of nitrogens with one attached hydrogen (secondary N) is 1. The van der Waals surface area contributed by atoms with E-state index in [-0.39, 0.29) is 11.8 Å². The van der Waals surface area contributed by atoms with Crippen molar-refractivity contribution in [3.05, 3.63) is 62.6 Å². The molecule has 5 rings (SSSR count). The summed E-state index contributed by atoms with van der Waals surface area (Å²) in [5.41, 5.74) is 1.22. The molecule has 9 heteroatoms. The van der Waals surface area contributed by atoms with E-state index in [1.54, 1.807) is 9.47 Å². The highest BCUT2D eigenvalue weighted by molar-refractivity contribution is 5.71. The minimum Gasteiger partial charge on any atom is -0.445 e. The summed E-state index contributed by atoms with van der Waals surface area (Å²) in [5.74, 6) is 1.36. The van der Waals surface area contributed by atoms with Gasteiger partial charge in [0, 0.05) is 32.6 Å². The summed E-state index contributed by atoms with van der Waals surface area (Å²) in [6, 6.07) is 9.69. The van der Waals surface area contributed by atoms with Crippen molar-refractivity contribution in [3.63, 3.8) is 0 Å². The summed E-state index contributed by atoms with van der Waals surface area (Å²) in [6.45, 7) is 3.05. The number of hydrogen-bond acceptors (Lipinski definition) is 5. The van der Waals surface area contributed by atoms with Crippen LogP contribution in [0.2, 0.25) is 0 Å². The maximum atomic E-state index is 12.4. The first-order valence-electron chi connectivity index (χ1n) is 11.3. The molecular weight excluding hydrogens is 410 g/mol. The molecule has 4 heterocycles. The lowest BCUT2D eigenvalue weighted by atomic mass is 9.92. The third kappa shape index (κ3) is 3.94. The number of carbonyl (C=O) groups is 1. The molecule has 0 radical (unpaired) electrons. The molecule has 0 spiro atoms. The van der Waals surface area contributed by atoms with Gasteiger partial charge in [-0.2, -0.15) is 0 Å². The molecule has 32 heavy (non-hydrogen) atoms. The molecule has 9 nitrogen and oxygen atoms in total. The average molecular weight is 438 g/mol. The van der Waals surface area contributed by atoms with Gasteiger partial charge in [0.05, 0.1) is 0 Å². The van der Waals surface area contributed by atoms with Crippen LogP contribution in [-0.4, -0.2) is 43.2 Å². The summed E-state index contributed by atoms with van der Waals surface area (Å²) in [5, 5.41) is 0. The molecule has 3 aromatic rings. The molecule has 1 fully saturated rings. The third-order valence-electron chi connectivity index (χ3n) is 6.57. The Bertz CT molecular complexity index is 1230. The van der Waals surface area contributed by atoms with Gasteiger partial charge in [0.25, 0.3) is 5.56 Å². The number of carbonyl (C=O) groups excluding carboxylic acids is 1. The third-order valence-corrected chi connectivity index (χ3v) is 6.57. The van der Waals surface area contributed by atoms with Crippen molar-refractivity contribution in [2.45, 2.75) is 51.8 Å². The molecule has 0 unspecified atom stereocenters. The summed E-state index contributed by atoms with van der Waals surface area (Å²) in [6.07, 6.45) is 4.14. The van der Waals surface area contributed by atoms with Crippen molar-refractivity contribution in [3.8, 4) is 0 Å². The number of piperidine rings is 1. The van der Waals surface area contributed by atoms with Crippen molar-refractivity contribution in [1.29, 1.82) is 0 Å². The van der Waals surface area contributed by atoms with Gasteiger partial charge in [0.15, 0.2) is 5.52 Å². The lowest BCUT2D eigenvalue weighted by Crippen LogP contribution is -2.38. The average Bonchev–Trinajstić information content (AvgIpc) is 3.21. The van der Waals surface area contributed by atoms with Crippen LogP contribution in [0.1, 0.15) is 37.1 Å². The zero-order chi connectivity index (χ0) is 22.1. The predicted molar refractivity (Wildman–Crippen MR) is 118 cm³/mol. The predicted octanol–water partition coefficient (Wildman–Crippen LogP) is 2.27. The lowest BCUT2D eigenvalue weighted by molar-refractivity contribution is 0.0815. The minimum atomic E-state index is -0.412. The van der Waals surface area contributed by atoms with Gasteiger partial charge in [-0.1, -0.05) is 30.3 Å². The molecule has 2 aromatic heterocycles. The van der Waals surface area contributed by atoms with E-state index in [1.165, 1.54) is 0 Å². The summed E-state index contributed by atoms with van der Waals surface area (Å²) in [7, 11) is 0. The smallest absolute Gasteiger partial charge is 0.410 e. The fourth-order valence-corrected chi connectivity index (χ4v) is 4.80. The number of likely N-dealkylation sites (tertiary alicyclic amines) is 1. The number of benzene rings is 1. The molecular formula is C23H27N5O4. The molecule has 0 aliphatic carbocycles. The molecule has 0 bridgehead atoms. The number of imidazole rings is 1. The van der Waals surface area contributed by atoms with Crippen LogP contribution in [0.15, 0.2) is 39.9 Å². The zero-order valence-electron chi connectivity index (χ0n) is 18.0. The molecule has 1 N–H and O–H groups in total. The van der Waals surface area contributed by atoms with E-state index in [9.17, 15) is 14.4 Å². The van der Waals surface area contributed by atoms with Gasteiger partial charge < -0.3 is 14.2 Å². The van der Waals surface area contributed by atoms with Crippen molar-refractivity contribution in [1.82, 2.24) is 24.0 Å². The second kappa shape index (κ2) is 8.64. The number of nitrogens with zero attached hydrogens (tertiary/aromatic N) is 4. The molecule has 1 amide bonds. The van der Waals surface area contributed by atoms with Gasteiger partial charge in [-0.15, -0.1) is 0 Å². The van der Waals surface area contributed by atoms with Crippen LogP contribution in [0, 0.1) is 5.92 Å². The molecule has 0 saturated carbocycles. The van der Waals surface area contributed by atoms with Crippen LogP contribution in [0.25, 0.3) is 11.2 Å². The van der Waals surface area contributed by atoms with Crippen molar-refractivity contribution in [2.24, 2.45) is 5.92 Å². The maximum absolute atomic E-state index is 12.4. The molecule has 1 aromatic carbocycles. The van der Waals surface area contributed by atoms with Gasteiger partial charge in [-0.3, -0.25) is 14.3 Å². The molecule has 0 atom stereocenters. The number of aromatic nitrogens is 4. The lowest BCUT2D eigenvalue weighted by Gasteiger charge is -2.31. The Balaban J connectivity index is 1.17. The van der Waals surface area contributed by atoms with Crippen molar-refractivity contribution < 1.29 is 9.53 Å². The van der Waals surface area contributed by atoms with E-state index < -0.39 is 5.56 Å². The largest absolute Gasteiger partial charge is 0.445 e. The Morgan fingerprint density at radius 2 is 1.81 bits per heavy atom. The van der Waals surface area contributed by atoms with Gasteiger partial charge in [-0.25, -0.2) is 14.6 Å². The Hall–Kier alpha value is -3.36. The topological polar surface area (TPSA) is 102 Å². The van der Waals surface area contributed by atoms with E-state index in [1.807, 2.05) is 34.9 Å². The molecule has 168 valence electrons. The molecule has 1 saturated heterocycles. The Labute approximate surface area is 184 Å². The Morgan fingerprint density at radius 1 is 1.06 bits per heavy atom. The van der Waals surface area contributed by atoms with E-state index >= 15 is 0 Å². The SMILES string of the molecule is O=C(OCc1ccccc1)N1CCC(CCc2nc3c(=O)[nH]c(=O)n4c3n2CCC4)CC1. The van der Waals surface area contributed by atoms with E-state index in [0.717, 1.165) is 50.0 Å². The van der Waals surface area contributed by atoms with Crippen LogP contribution < -0.4 is 11.2 Å². The number of rotatable bonds is 5. The minimum absolute atomic E-state index is 0.256. The van der Waals surface area contributed by atoms with Crippen LogP contribution in [0.5, 0.6) is 0 Å². The first-order chi connectivity index (χ1) is 15.6. The van der Waals surface area contributed by atoms with E-state index in [2.05, 4.69) is 9.97 Å².